The summed E-state index contributed by atoms with van der Waals surface area (Å²) in [6, 6.07) is -0.127. The first-order valence-corrected chi connectivity index (χ1v) is 7.26. The summed E-state index contributed by atoms with van der Waals surface area (Å²) in [5, 5.41) is 12.9. The lowest BCUT2D eigenvalue weighted by molar-refractivity contribution is -0.129. The number of aliphatic hydroxyl groups excluding tert-OH is 1. The molecule has 0 bridgehead atoms. The van der Waals surface area contributed by atoms with Crippen LogP contribution in [0.15, 0.2) is 0 Å². The smallest absolute Gasteiger partial charge is 0.233 e. The Balaban J connectivity index is 2.03. The van der Waals surface area contributed by atoms with Gasteiger partial charge in [-0.3, -0.25) is 4.79 Å². The quantitative estimate of drug-likeness (QED) is 0.675. The molecule has 4 N–H and O–H groups in total. The van der Waals surface area contributed by atoms with E-state index in [1.807, 2.05) is 0 Å². The van der Waals surface area contributed by atoms with Crippen molar-refractivity contribution in [3.05, 3.63) is 0 Å². The topological polar surface area (TPSA) is 75.4 Å². The molecule has 2 aliphatic carbocycles. The predicted octanol–water partition coefficient (Wildman–Crippen LogP) is 1.25. The van der Waals surface area contributed by atoms with Gasteiger partial charge in [0.25, 0.3) is 0 Å². The SMILES string of the molecule is NC(=S)C1(C(=O)NC2CCCCC2O)CCCC1. The predicted molar refractivity (Wildman–Crippen MR) is 74.1 cm³/mol. The van der Waals surface area contributed by atoms with E-state index in [4.69, 9.17) is 18.0 Å². The number of carbonyl (C=O) groups is 1. The van der Waals surface area contributed by atoms with Crippen LogP contribution in [-0.2, 0) is 4.79 Å². The van der Waals surface area contributed by atoms with Crippen LogP contribution in [0.3, 0.4) is 0 Å². The summed E-state index contributed by atoms with van der Waals surface area (Å²) in [7, 11) is 0. The summed E-state index contributed by atoms with van der Waals surface area (Å²) in [5.74, 6) is -0.0709. The van der Waals surface area contributed by atoms with Crippen LogP contribution in [0.25, 0.3) is 0 Å². The minimum absolute atomic E-state index is 0.0709. The van der Waals surface area contributed by atoms with Gasteiger partial charge in [-0.25, -0.2) is 0 Å². The highest BCUT2D eigenvalue weighted by atomic mass is 32.1. The average molecular weight is 270 g/mol. The van der Waals surface area contributed by atoms with Gasteiger partial charge in [0.1, 0.15) is 0 Å². The number of carbonyl (C=O) groups excluding carboxylic acids is 1. The van der Waals surface area contributed by atoms with Gasteiger partial charge in [-0.1, -0.05) is 37.9 Å². The van der Waals surface area contributed by atoms with Crippen molar-refractivity contribution in [1.82, 2.24) is 5.32 Å². The Morgan fingerprint density at radius 3 is 2.39 bits per heavy atom. The second-order valence-corrected chi connectivity index (χ2v) is 6.03. The zero-order valence-corrected chi connectivity index (χ0v) is 11.5. The van der Waals surface area contributed by atoms with Crippen LogP contribution in [0.1, 0.15) is 51.4 Å². The maximum Gasteiger partial charge on any atom is 0.233 e. The van der Waals surface area contributed by atoms with Gasteiger partial charge in [0.2, 0.25) is 5.91 Å². The van der Waals surface area contributed by atoms with E-state index >= 15 is 0 Å². The van der Waals surface area contributed by atoms with E-state index in [1.54, 1.807) is 0 Å². The molecule has 0 aromatic carbocycles. The summed E-state index contributed by atoms with van der Waals surface area (Å²) in [6.45, 7) is 0. The summed E-state index contributed by atoms with van der Waals surface area (Å²) < 4.78 is 0. The van der Waals surface area contributed by atoms with Crippen LogP contribution in [0.5, 0.6) is 0 Å². The molecule has 0 aliphatic heterocycles. The lowest BCUT2D eigenvalue weighted by Gasteiger charge is -2.33. The Morgan fingerprint density at radius 2 is 1.83 bits per heavy atom. The van der Waals surface area contributed by atoms with Gasteiger partial charge >= 0.3 is 0 Å². The molecule has 5 heteroatoms. The number of amides is 1. The van der Waals surface area contributed by atoms with Crippen LogP contribution in [0.4, 0.5) is 0 Å². The number of hydrogen-bond acceptors (Lipinski definition) is 3. The van der Waals surface area contributed by atoms with Gasteiger partial charge in [0, 0.05) is 0 Å². The van der Waals surface area contributed by atoms with Crippen molar-refractivity contribution in [2.45, 2.75) is 63.5 Å². The van der Waals surface area contributed by atoms with E-state index in [-0.39, 0.29) is 11.9 Å². The molecule has 2 rings (SSSR count). The van der Waals surface area contributed by atoms with Crippen molar-refractivity contribution < 1.29 is 9.90 Å². The van der Waals surface area contributed by atoms with Gasteiger partial charge in [0.15, 0.2) is 0 Å². The zero-order valence-electron chi connectivity index (χ0n) is 10.7. The van der Waals surface area contributed by atoms with E-state index in [9.17, 15) is 9.90 Å². The third-order valence-corrected chi connectivity index (χ3v) is 4.80. The number of nitrogens with two attached hydrogens (primary N) is 1. The molecule has 18 heavy (non-hydrogen) atoms. The molecular formula is C13H22N2O2S. The molecule has 1 amide bonds. The molecule has 2 unspecified atom stereocenters. The van der Waals surface area contributed by atoms with Crippen LogP contribution in [-0.4, -0.2) is 28.1 Å². The van der Waals surface area contributed by atoms with Crippen molar-refractivity contribution in [2.24, 2.45) is 11.1 Å². The normalized spacial score (nSPS) is 30.9. The molecule has 2 saturated carbocycles. The molecule has 0 saturated heterocycles. The second-order valence-electron chi connectivity index (χ2n) is 5.59. The van der Waals surface area contributed by atoms with Crippen LogP contribution < -0.4 is 11.1 Å². The molecule has 102 valence electrons. The first-order valence-electron chi connectivity index (χ1n) is 6.85. The lowest BCUT2D eigenvalue weighted by atomic mass is 9.83. The molecule has 0 aromatic rings. The van der Waals surface area contributed by atoms with Crippen molar-refractivity contribution >= 4 is 23.1 Å². The third-order valence-electron chi connectivity index (χ3n) is 4.41. The minimum Gasteiger partial charge on any atom is -0.392 e. The van der Waals surface area contributed by atoms with Gasteiger partial charge < -0.3 is 16.2 Å². The first kappa shape index (κ1) is 13.7. The van der Waals surface area contributed by atoms with Gasteiger partial charge in [0.05, 0.1) is 22.5 Å². The lowest BCUT2D eigenvalue weighted by Crippen LogP contribution is -2.53. The largest absolute Gasteiger partial charge is 0.392 e. The Kier molecular flexibility index (Phi) is 4.22. The van der Waals surface area contributed by atoms with Crippen molar-refractivity contribution in [1.29, 1.82) is 0 Å². The maximum atomic E-state index is 12.4. The van der Waals surface area contributed by atoms with Gasteiger partial charge in [-0.2, -0.15) is 0 Å². The fraction of sp³-hybridized carbons (Fsp3) is 0.846. The monoisotopic (exact) mass is 270 g/mol. The summed E-state index contributed by atoms with van der Waals surface area (Å²) in [4.78, 5) is 12.7. The number of hydrogen-bond donors (Lipinski definition) is 3. The average Bonchev–Trinajstić information content (AvgIpc) is 2.82. The van der Waals surface area contributed by atoms with Crippen LogP contribution in [0, 0.1) is 5.41 Å². The van der Waals surface area contributed by atoms with Gasteiger partial charge in [-0.15, -0.1) is 0 Å². The Bertz CT molecular complexity index is 340. The Morgan fingerprint density at radius 1 is 1.22 bits per heavy atom. The molecule has 0 radical (unpaired) electrons. The van der Waals surface area contributed by atoms with E-state index in [0.717, 1.165) is 51.4 Å². The first-order chi connectivity index (χ1) is 8.56. The standard InChI is InChI=1S/C13H22N2O2S/c14-11(18)13(7-3-4-8-13)12(17)15-9-5-1-2-6-10(9)16/h9-10,16H,1-8H2,(H2,14,18)(H,15,17). The number of nitrogens with one attached hydrogen (secondary N) is 1. The summed E-state index contributed by atoms with van der Waals surface area (Å²) in [5.41, 5.74) is 5.12. The molecule has 4 nitrogen and oxygen atoms in total. The highest BCUT2D eigenvalue weighted by molar-refractivity contribution is 7.80. The highest BCUT2D eigenvalue weighted by Gasteiger charge is 2.45. The molecule has 0 heterocycles. The Hall–Kier alpha value is -0.680. The van der Waals surface area contributed by atoms with Gasteiger partial charge in [-0.05, 0) is 25.7 Å². The van der Waals surface area contributed by atoms with E-state index in [2.05, 4.69) is 5.32 Å². The summed E-state index contributed by atoms with van der Waals surface area (Å²) in [6.07, 6.45) is 6.78. The number of rotatable bonds is 3. The van der Waals surface area contributed by atoms with E-state index in [0.29, 0.717) is 4.99 Å². The maximum absolute atomic E-state index is 12.4. The second kappa shape index (κ2) is 5.53. The minimum atomic E-state index is -0.660. The van der Waals surface area contributed by atoms with Crippen molar-refractivity contribution in [2.75, 3.05) is 0 Å². The van der Waals surface area contributed by atoms with Crippen molar-refractivity contribution in [3.63, 3.8) is 0 Å². The molecule has 0 spiro atoms. The van der Waals surface area contributed by atoms with Crippen LogP contribution >= 0.6 is 12.2 Å². The Labute approximate surface area is 113 Å². The number of thiocarbonyl (C=S) groups is 1. The third kappa shape index (κ3) is 2.52. The molecular weight excluding hydrogens is 248 g/mol. The fourth-order valence-electron chi connectivity index (χ4n) is 3.15. The molecule has 0 aromatic heterocycles. The van der Waals surface area contributed by atoms with E-state index in [1.165, 1.54) is 0 Å². The molecule has 2 atom stereocenters. The summed E-state index contributed by atoms with van der Waals surface area (Å²) >= 11 is 5.10. The molecule has 2 aliphatic rings. The van der Waals surface area contributed by atoms with Crippen LogP contribution in [0.2, 0.25) is 0 Å². The number of aliphatic hydroxyl groups is 1. The highest BCUT2D eigenvalue weighted by Crippen LogP contribution is 2.39. The fourth-order valence-corrected chi connectivity index (χ4v) is 3.45. The zero-order chi connectivity index (χ0) is 13.2. The van der Waals surface area contributed by atoms with E-state index < -0.39 is 11.5 Å². The molecule has 2 fully saturated rings. The van der Waals surface area contributed by atoms with Crippen molar-refractivity contribution in [3.8, 4) is 0 Å².